The second kappa shape index (κ2) is 8.65. The molecule has 2 aromatic heterocycles. The largest absolute Gasteiger partial charge is 0.496 e. The zero-order valence-electron chi connectivity index (χ0n) is 17.1. The number of methoxy groups -OCH3 is 1. The molecule has 0 fully saturated rings. The van der Waals surface area contributed by atoms with Crippen LogP contribution in [-0.4, -0.2) is 39.8 Å². The second-order valence-corrected chi connectivity index (χ2v) is 7.12. The zero-order valence-corrected chi connectivity index (χ0v) is 17.9. The summed E-state index contributed by atoms with van der Waals surface area (Å²) in [6.45, 7) is 4.27. The number of tetrazole rings is 1. The van der Waals surface area contributed by atoms with E-state index in [1.807, 2.05) is 38.1 Å². The van der Waals surface area contributed by atoms with Gasteiger partial charge in [0.2, 0.25) is 0 Å². The SMILES string of the molecule is CCOc1cccc2cc(C(C)NC(=O)c3cc(Cl)c(-n4cnnn4)cc3OC)oc12. The van der Waals surface area contributed by atoms with Gasteiger partial charge >= 0.3 is 0 Å². The maximum absolute atomic E-state index is 13.0. The Morgan fingerprint density at radius 2 is 2.13 bits per heavy atom. The molecule has 4 rings (SSSR count). The van der Waals surface area contributed by atoms with E-state index in [1.165, 1.54) is 24.2 Å². The number of fused-ring (bicyclic) bond motifs is 1. The number of carbonyl (C=O) groups excluding carboxylic acids is 1. The van der Waals surface area contributed by atoms with Crippen LogP contribution in [0.25, 0.3) is 16.7 Å². The summed E-state index contributed by atoms with van der Waals surface area (Å²) in [6, 6.07) is 10.3. The van der Waals surface area contributed by atoms with Crippen LogP contribution in [-0.2, 0) is 0 Å². The molecule has 0 saturated heterocycles. The molecule has 1 N–H and O–H groups in total. The highest BCUT2D eigenvalue weighted by molar-refractivity contribution is 6.33. The molecular formula is C21H20ClN5O4. The number of hydrogen-bond donors (Lipinski definition) is 1. The molecule has 1 amide bonds. The number of ether oxygens (including phenoxy) is 2. The summed E-state index contributed by atoms with van der Waals surface area (Å²) in [6.07, 6.45) is 1.40. The van der Waals surface area contributed by atoms with Gasteiger partial charge in [-0.25, -0.2) is 0 Å². The summed E-state index contributed by atoms with van der Waals surface area (Å²) in [5, 5.41) is 15.1. The first-order valence-corrected chi connectivity index (χ1v) is 9.96. The van der Waals surface area contributed by atoms with Gasteiger partial charge in [0, 0.05) is 11.5 Å². The van der Waals surface area contributed by atoms with Crippen molar-refractivity contribution < 1.29 is 18.7 Å². The Labute approximate surface area is 182 Å². The van der Waals surface area contributed by atoms with Crippen LogP contribution < -0.4 is 14.8 Å². The molecule has 2 aromatic carbocycles. The third-order valence-corrected chi connectivity index (χ3v) is 5.01. The molecular weight excluding hydrogens is 422 g/mol. The van der Waals surface area contributed by atoms with Crippen LogP contribution >= 0.6 is 11.6 Å². The molecule has 10 heteroatoms. The fourth-order valence-corrected chi connectivity index (χ4v) is 3.47. The Hall–Kier alpha value is -3.59. The van der Waals surface area contributed by atoms with Gasteiger partial charge in [-0.2, -0.15) is 4.68 Å². The molecule has 0 radical (unpaired) electrons. The number of halogens is 1. The molecule has 0 saturated carbocycles. The van der Waals surface area contributed by atoms with Crippen molar-refractivity contribution in [3.63, 3.8) is 0 Å². The summed E-state index contributed by atoms with van der Waals surface area (Å²) in [7, 11) is 1.47. The Morgan fingerprint density at radius 1 is 1.29 bits per heavy atom. The number of carbonyl (C=O) groups is 1. The number of furan rings is 1. The average molecular weight is 442 g/mol. The van der Waals surface area contributed by atoms with Gasteiger partial charge in [0.05, 0.1) is 36.0 Å². The van der Waals surface area contributed by atoms with Crippen LogP contribution in [0.5, 0.6) is 11.5 Å². The highest BCUT2D eigenvalue weighted by Gasteiger charge is 2.21. The van der Waals surface area contributed by atoms with E-state index in [9.17, 15) is 4.79 Å². The van der Waals surface area contributed by atoms with Crippen LogP contribution in [0.4, 0.5) is 0 Å². The molecule has 0 aliphatic heterocycles. The molecule has 0 aliphatic rings. The van der Waals surface area contributed by atoms with Crippen molar-refractivity contribution >= 4 is 28.5 Å². The molecule has 160 valence electrons. The van der Waals surface area contributed by atoms with Crippen molar-refractivity contribution in [3.8, 4) is 17.2 Å². The van der Waals surface area contributed by atoms with Crippen LogP contribution in [0.3, 0.4) is 0 Å². The van der Waals surface area contributed by atoms with E-state index >= 15 is 0 Å². The summed E-state index contributed by atoms with van der Waals surface area (Å²) in [5.41, 5.74) is 1.42. The van der Waals surface area contributed by atoms with Gasteiger partial charge in [0.1, 0.15) is 17.8 Å². The Bertz CT molecular complexity index is 1220. The number of amides is 1. The topological polar surface area (TPSA) is 104 Å². The highest BCUT2D eigenvalue weighted by atomic mass is 35.5. The minimum atomic E-state index is -0.406. The minimum absolute atomic E-state index is 0.280. The van der Waals surface area contributed by atoms with E-state index in [1.54, 1.807) is 6.07 Å². The molecule has 31 heavy (non-hydrogen) atoms. The van der Waals surface area contributed by atoms with Gasteiger partial charge in [-0.1, -0.05) is 23.7 Å². The number of rotatable bonds is 7. The van der Waals surface area contributed by atoms with E-state index in [0.717, 1.165) is 5.39 Å². The van der Waals surface area contributed by atoms with Crippen molar-refractivity contribution in [1.82, 2.24) is 25.5 Å². The number of para-hydroxylation sites is 1. The summed E-state index contributed by atoms with van der Waals surface area (Å²) in [4.78, 5) is 13.0. The first-order chi connectivity index (χ1) is 15.0. The number of benzene rings is 2. The normalized spacial score (nSPS) is 12.0. The summed E-state index contributed by atoms with van der Waals surface area (Å²) < 4.78 is 18.4. The van der Waals surface area contributed by atoms with Crippen LogP contribution in [0.15, 0.2) is 47.1 Å². The fourth-order valence-electron chi connectivity index (χ4n) is 3.22. The molecule has 0 spiro atoms. The van der Waals surface area contributed by atoms with Crippen LogP contribution in [0, 0.1) is 0 Å². The number of aromatic nitrogens is 4. The molecule has 1 unspecified atom stereocenters. The van der Waals surface area contributed by atoms with Gasteiger partial charge < -0.3 is 19.2 Å². The van der Waals surface area contributed by atoms with E-state index < -0.39 is 6.04 Å². The van der Waals surface area contributed by atoms with Gasteiger partial charge in [-0.3, -0.25) is 4.79 Å². The monoisotopic (exact) mass is 441 g/mol. The molecule has 1 atom stereocenters. The first-order valence-electron chi connectivity index (χ1n) is 9.58. The fraction of sp³-hybridized carbons (Fsp3) is 0.238. The van der Waals surface area contributed by atoms with Crippen molar-refractivity contribution in [1.29, 1.82) is 0 Å². The Kier molecular flexibility index (Phi) is 5.77. The lowest BCUT2D eigenvalue weighted by Crippen LogP contribution is -2.27. The van der Waals surface area contributed by atoms with Crippen molar-refractivity contribution in [2.75, 3.05) is 13.7 Å². The smallest absolute Gasteiger partial charge is 0.255 e. The van der Waals surface area contributed by atoms with Crippen molar-refractivity contribution in [2.45, 2.75) is 19.9 Å². The molecule has 0 aliphatic carbocycles. The van der Waals surface area contributed by atoms with Gasteiger partial charge in [-0.15, -0.1) is 5.10 Å². The molecule has 0 bridgehead atoms. The zero-order chi connectivity index (χ0) is 22.0. The number of nitrogens with one attached hydrogen (secondary N) is 1. The van der Waals surface area contributed by atoms with E-state index in [2.05, 4.69) is 20.8 Å². The van der Waals surface area contributed by atoms with E-state index in [-0.39, 0.29) is 11.5 Å². The standard InChI is InChI=1S/C21H20ClN5O4/c1-4-30-17-7-5-6-13-8-18(31-20(13)17)12(2)24-21(28)14-9-15(22)16(10-19(14)29-3)27-11-23-25-26-27/h5-12H,4H2,1-3H3,(H,24,28). The predicted octanol–water partition coefficient (Wildman–Crippen LogP) is 3.96. The number of nitrogens with zero attached hydrogens (tertiary/aromatic N) is 4. The maximum Gasteiger partial charge on any atom is 0.255 e. The Balaban J connectivity index is 1.60. The third kappa shape index (κ3) is 4.04. The van der Waals surface area contributed by atoms with Crippen molar-refractivity contribution in [3.05, 3.63) is 59.1 Å². The van der Waals surface area contributed by atoms with Gasteiger partial charge in [0.15, 0.2) is 11.3 Å². The van der Waals surface area contributed by atoms with Gasteiger partial charge in [0.25, 0.3) is 5.91 Å². The quantitative estimate of drug-likeness (QED) is 0.462. The number of hydrogen-bond acceptors (Lipinski definition) is 7. The first kappa shape index (κ1) is 20.7. The lowest BCUT2D eigenvalue weighted by Gasteiger charge is -2.15. The van der Waals surface area contributed by atoms with Gasteiger partial charge in [-0.05, 0) is 42.5 Å². The highest BCUT2D eigenvalue weighted by Crippen LogP contribution is 2.32. The lowest BCUT2D eigenvalue weighted by molar-refractivity contribution is 0.0932. The third-order valence-electron chi connectivity index (χ3n) is 4.71. The predicted molar refractivity (Wildman–Crippen MR) is 114 cm³/mol. The van der Waals surface area contributed by atoms with Crippen LogP contribution in [0.2, 0.25) is 5.02 Å². The molecule has 9 nitrogen and oxygen atoms in total. The van der Waals surface area contributed by atoms with Crippen molar-refractivity contribution in [2.24, 2.45) is 0 Å². The van der Waals surface area contributed by atoms with E-state index in [4.69, 9.17) is 25.5 Å². The lowest BCUT2D eigenvalue weighted by atomic mass is 10.1. The molecule has 4 aromatic rings. The summed E-state index contributed by atoms with van der Waals surface area (Å²) >= 11 is 6.36. The Morgan fingerprint density at radius 3 is 2.84 bits per heavy atom. The molecule has 2 heterocycles. The van der Waals surface area contributed by atoms with E-state index in [0.29, 0.717) is 40.2 Å². The minimum Gasteiger partial charge on any atom is -0.496 e. The van der Waals surface area contributed by atoms with Crippen LogP contribution in [0.1, 0.15) is 36.0 Å². The second-order valence-electron chi connectivity index (χ2n) is 6.71. The average Bonchev–Trinajstić information content (AvgIpc) is 3.44. The summed E-state index contributed by atoms with van der Waals surface area (Å²) in [5.74, 6) is 1.24. The maximum atomic E-state index is 13.0.